The average Bonchev–Trinajstić information content (AvgIpc) is 1.79. The molecule has 0 atom stereocenters. The summed E-state index contributed by atoms with van der Waals surface area (Å²) in [6, 6.07) is 0. The quantitative estimate of drug-likeness (QED) is 0.630. The summed E-state index contributed by atoms with van der Waals surface area (Å²) in [5.74, 6) is -1.79. The second kappa shape index (κ2) is 3.55. The van der Waals surface area contributed by atoms with Crippen LogP contribution in [0, 0.1) is 5.41 Å². The predicted octanol–water partition coefficient (Wildman–Crippen LogP) is 2.05. The molecule has 0 aromatic rings. The molecule has 0 fully saturated rings. The summed E-state index contributed by atoms with van der Waals surface area (Å²) >= 11 is 0. The van der Waals surface area contributed by atoms with Gasteiger partial charge in [0.25, 0.3) is 0 Å². The van der Waals surface area contributed by atoms with E-state index in [0.717, 1.165) is 7.05 Å². The molecule has 0 aromatic carbocycles. The summed E-state index contributed by atoms with van der Waals surface area (Å²) in [4.78, 5) is 11.3. The Morgan fingerprint density at radius 3 is 1.85 bits per heavy atom. The van der Waals surface area contributed by atoms with E-state index < -0.39 is 12.1 Å². The van der Waals surface area contributed by atoms with Gasteiger partial charge in [0.2, 0.25) is 0 Å². The van der Waals surface area contributed by atoms with Crippen LogP contribution in [0.1, 0.15) is 20.8 Å². The molecule has 0 saturated heterocycles. The number of carbonyl (C=O) groups is 1. The lowest BCUT2D eigenvalue weighted by Gasteiger charge is -2.27. The molecule has 0 heterocycles. The van der Waals surface area contributed by atoms with Crippen LogP contribution in [0.5, 0.6) is 0 Å². The minimum absolute atomic E-state index is 0.0886. The number of alkyl halides is 3. The van der Waals surface area contributed by atoms with Crippen molar-refractivity contribution < 1.29 is 18.0 Å². The molecule has 0 saturated carbocycles. The Bertz CT molecular complexity index is 193. The summed E-state index contributed by atoms with van der Waals surface area (Å²) < 4.78 is 35.7. The van der Waals surface area contributed by atoms with E-state index in [1.54, 1.807) is 20.8 Å². The number of hydrogen-bond donors (Lipinski definition) is 0. The number of halogens is 3. The van der Waals surface area contributed by atoms with Gasteiger partial charge in [-0.1, -0.05) is 20.8 Å². The van der Waals surface area contributed by atoms with Gasteiger partial charge >= 0.3 is 12.1 Å². The first kappa shape index (κ1) is 12.3. The molecular formula is C8H14F3NO. The van der Waals surface area contributed by atoms with Crippen molar-refractivity contribution in [3.8, 4) is 0 Å². The molecule has 0 unspecified atom stereocenters. The first-order valence-corrected chi connectivity index (χ1v) is 3.86. The highest BCUT2D eigenvalue weighted by atomic mass is 19.4. The number of carbonyl (C=O) groups excluding carboxylic acids is 1. The standard InChI is InChI=1S/C8H14F3NO/c1-7(2,3)5-12(4)6(13)8(9,10)11/h5H2,1-4H3. The van der Waals surface area contributed by atoms with E-state index in [1.807, 2.05) is 0 Å². The summed E-state index contributed by atoms with van der Waals surface area (Å²) in [7, 11) is 1.15. The third-order valence-electron chi connectivity index (χ3n) is 1.30. The Labute approximate surface area is 75.7 Å². The fourth-order valence-corrected chi connectivity index (χ4v) is 1.000. The zero-order chi connectivity index (χ0) is 10.9. The van der Waals surface area contributed by atoms with Gasteiger partial charge in [-0.05, 0) is 5.41 Å². The number of hydrogen-bond acceptors (Lipinski definition) is 1. The molecule has 2 nitrogen and oxygen atoms in total. The van der Waals surface area contributed by atoms with Crippen LogP contribution in [0.4, 0.5) is 13.2 Å². The van der Waals surface area contributed by atoms with Crippen molar-refractivity contribution in [2.24, 2.45) is 5.41 Å². The predicted molar refractivity (Wildman–Crippen MR) is 43.1 cm³/mol. The van der Waals surface area contributed by atoms with Crippen LogP contribution in [0.3, 0.4) is 0 Å². The van der Waals surface area contributed by atoms with Gasteiger partial charge in [0.05, 0.1) is 0 Å². The first-order valence-electron chi connectivity index (χ1n) is 3.86. The highest BCUT2D eigenvalue weighted by molar-refractivity contribution is 5.81. The van der Waals surface area contributed by atoms with Gasteiger partial charge in [-0.3, -0.25) is 4.79 Å². The topological polar surface area (TPSA) is 20.3 Å². The van der Waals surface area contributed by atoms with Crippen LogP contribution >= 0.6 is 0 Å². The zero-order valence-electron chi connectivity index (χ0n) is 8.20. The van der Waals surface area contributed by atoms with Crippen molar-refractivity contribution in [2.75, 3.05) is 13.6 Å². The molecule has 78 valence electrons. The maximum absolute atomic E-state index is 11.9. The second-order valence-corrected chi connectivity index (χ2v) is 4.22. The number of nitrogens with zero attached hydrogens (tertiary/aromatic N) is 1. The van der Waals surface area contributed by atoms with Gasteiger partial charge in [0.1, 0.15) is 0 Å². The molecule has 0 aliphatic heterocycles. The molecule has 0 aromatic heterocycles. The fraction of sp³-hybridized carbons (Fsp3) is 0.875. The van der Waals surface area contributed by atoms with Crippen molar-refractivity contribution in [3.63, 3.8) is 0 Å². The summed E-state index contributed by atoms with van der Waals surface area (Å²) in [5.41, 5.74) is -0.324. The van der Waals surface area contributed by atoms with Gasteiger partial charge in [-0.15, -0.1) is 0 Å². The number of amides is 1. The normalized spacial score (nSPS) is 12.8. The minimum Gasteiger partial charge on any atom is -0.337 e. The Hall–Kier alpha value is -0.740. The highest BCUT2D eigenvalue weighted by Gasteiger charge is 2.41. The van der Waals surface area contributed by atoms with E-state index in [1.165, 1.54) is 0 Å². The van der Waals surface area contributed by atoms with E-state index in [-0.39, 0.29) is 12.0 Å². The van der Waals surface area contributed by atoms with Crippen molar-refractivity contribution in [2.45, 2.75) is 26.9 Å². The van der Waals surface area contributed by atoms with E-state index >= 15 is 0 Å². The smallest absolute Gasteiger partial charge is 0.337 e. The summed E-state index contributed by atoms with van der Waals surface area (Å²) in [5, 5.41) is 0. The van der Waals surface area contributed by atoms with Crippen LogP contribution in [0.25, 0.3) is 0 Å². The average molecular weight is 197 g/mol. The Morgan fingerprint density at radius 2 is 1.62 bits per heavy atom. The lowest BCUT2D eigenvalue weighted by molar-refractivity contribution is -0.185. The van der Waals surface area contributed by atoms with Crippen LogP contribution in [-0.4, -0.2) is 30.6 Å². The summed E-state index contributed by atoms with van der Waals surface area (Å²) in [6.07, 6.45) is -4.76. The van der Waals surface area contributed by atoms with Gasteiger partial charge < -0.3 is 4.90 Å². The fourth-order valence-electron chi connectivity index (χ4n) is 1.000. The lowest BCUT2D eigenvalue weighted by Crippen LogP contribution is -2.42. The molecule has 0 N–H and O–H groups in total. The first-order chi connectivity index (χ1) is 5.54. The molecule has 0 rings (SSSR count). The maximum Gasteiger partial charge on any atom is 0.471 e. The molecule has 1 amide bonds. The molecule has 13 heavy (non-hydrogen) atoms. The minimum atomic E-state index is -4.76. The van der Waals surface area contributed by atoms with Crippen molar-refractivity contribution in [1.29, 1.82) is 0 Å². The van der Waals surface area contributed by atoms with Crippen LogP contribution in [0.15, 0.2) is 0 Å². The zero-order valence-corrected chi connectivity index (χ0v) is 8.20. The van der Waals surface area contributed by atoms with Gasteiger partial charge in [-0.2, -0.15) is 13.2 Å². The van der Waals surface area contributed by atoms with Crippen LogP contribution < -0.4 is 0 Å². The monoisotopic (exact) mass is 197 g/mol. The van der Waals surface area contributed by atoms with Crippen molar-refractivity contribution >= 4 is 5.91 Å². The van der Waals surface area contributed by atoms with Gasteiger partial charge in [0.15, 0.2) is 0 Å². The van der Waals surface area contributed by atoms with Gasteiger partial charge in [0, 0.05) is 13.6 Å². The lowest BCUT2D eigenvalue weighted by atomic mass is 9.96. The Balaban J connectivity index is 4.30. The Kier molecular flexibility index (Phi) is 3.35. The van der Waals surface area contributed by atoms with Crippen molar-refractivity contribution in [1.82, 2.24) is 4.90 Å². The maximum atomic E-state index is 11.9. The third-order valence-corrected chi connectivity index (χ3v) is 1.30. The van der Waals surface area contributed by atoms with Gasteiger partial charge in [-0.25, -0.2) is 0 Å². The molecule has 0 bridgehead atoms. The summed E-state index contributed by atoms with van der Waals surface area (Å²) in [6.45, 7) is 5.40. The number of rotatable bonds is 1. The van der Waals surface area contributed by atoms with E-state index in [2.05, 4.69) is 0 Å². The van der Waals surface area contributed by atoms with E-state index in [4.69, 9.17) is 0 Å². The SMILES string of the molecule is CN(CC(C)(C)C)C(=O)C(F)(F)F. The Morgan fingerprint density at radius 1 is 1.23 bits per heavy atom. The van der Waals surface area contributed by atoms with Crippen LogP contribution in [-0.2, 0) is 4.79 Å². The largest absolute Gasteiger partial charge is 0.471 e. The molecular weight excluding hydrogens is 183 g/mol. The molecule has 5 heteroatoms. The highest BCUT2D eigenvalue weighted by Crippen LogP contribution is 2.21. The molecule has 0 spiro atoms. The van der Waals surface area contributed by atoms with E-state index in [0.29, 0.717) is 4.90 Å². The molecule has 0 radical (unpaired) electrons. The van der Waals surface area contributed by atoms with E-state index in [9.17, 15) is 18.0 Å². The molecule has 0 aliphatic carbocycles. The molecule has 0 aliphatic rings. The van der Waals surface area contributed by atoms with Crippen molar-refractivity contribution in [3.05, 3.63) is 0 Å². The third kappa shape index (κ3) is 4.75. The second-order valence-electron chi connectivity index (χ2n) is 4.22. The van der Waals surface area contributed by atoms with Crippen LogP contribution in [0.2, 0.25) is 0 Å².